The van der Waals surface area contributed by atoms with Crippen molar-refractivity contribution in [3.63, 3.8) is 0 Å². The Morgan fingerprint density at radius 3 is 2.70 bits per heavy atom. The van der Waals surface area contributed by atoms with Gasteiger partial charge in [0.1, 0.15) is 0 Å². The van der Waals surface area contributed by atoms with E-state index < -0.39 is 9.84 Å². The van der Waals surface area contributed by atoms with Gasteiger partial charge in [0.05, 0.1) is 23.5 Å². The van der Waals surface area contributed by atoms with Gasteiger partial charge in [-0.3, -0.25) is 4.79 Å². The number of carbonyl (C=O) groups excluding carboxylic acids is 1. The lowest BCUT2D eigenvalue weighted by molar-refractivity contribution is -0.132. The number of rotatable bonds is 6. The first-order valence-electron chi connectivity index (χ1n) is 9.03. The van der Waals surface area contributed by atoms with Crippen molar-refractivity contribution < 1.29 is 22.0 Å². The van der Waals surface area contributed by atoms with Gasteiger partial charge in [-0.15, -0.1) is 10.2 Å². The van der Waals surface area contributed by atoms with E-state index in [1.54, 1.807) is 12.1 Å². The Balaban J connectivity index is 1.42. The van der Waals surface area contributed by atoms with Gasteiger partial charge in [0, 0.05) is 12.1 Å². The summed E-state index contributed by atoms with van der Waals surface area (Å²) in [6.45, 7) is 0. The Morgan fingerprint density at radius 2 is 2.04 bits per heavy atom. The van der Waals surface area contributed by atoms with E-state index in [2.05, 4.69) is 10.2 Å². The standard InChI is InChI=1S/C17H21N3O5S2/c21-15(10-26-17-19-18-16(25-17)14-6-3-8-24-14)20(12-4-1-2-5-12)13-7-9-27(22,23)11-13/h3,6,8,12-13H,1-2,4-5,7,9-11H2/t13-/m0/s1. The van der Waals surface area contributed by atoms with Crippen molar-refractivity contribution in [3.05, 3.63) is 18.4 Å². The predicted octanol–water partition coefficient (Wildman–Crippen LogP) is 2.38. The van der Waals surface area contributed by atoms with Crippen LogP contribution in [0.1, 0.15) is 32.1 Å². The predicted molar refractivity (Wildman–Crippen MR) is 98.9 cm³/mol. The summed E-state index contributed by atoms with van der Waals surface area (Å²) in [5.74, 6) is 1.06. The zero-order valence-corrected chi connectivity index (χ0v) is 16.4. The first-order chi connectivity index (χ1) is 13.0. The van der Waals surface area contributed by atoms with Gasteiger partial charge in [-0.25, -0.2) is 8.42 Å². The lowest BCUT2D eigenvalue weighted by atomic mass is 10.1. The van der Waals surface area contributed by atoms with Crippen LogP contribution in [0, 0.1) is 0 Å². The average Bonchev–Trinajstić information content (AvgIpc) is 3.41. The highest BCUT2D eigenvalue weighted by atomic mass is 32.2. The van der Waals surface area contributed by atoms with Gasteiger partial charge >= 0.3 is 0 Å². The smallest absolute Gasteiger partial charge is 0.284 e. The molecule has 0 bridgehead atoms. The molecule has 2 aromatic rings. The van der Waals surface area contributed by atoms with E-state index >= 15 is 0 Å². The molecule has 146 valence electrons. The van der Waals surface area contributed by atoms with Crippen molar-refractivity contribution in [2.24, 2.45) is 0 Å². The van der Waals surface area contributed by atoms with E-state index in [9.17, 15) is 13.2 Å². The van der Waals surface area contributed by atoms with Crippen LogP contribution >= 0.6 is 11.8 Å². The largest absolute Gasteiger partial charge is 0.459 e. The van der Waals surface area contributed by atoms with Crippen LogP contribution in [0.4, 0.5) is 0 Å². The van der Waals surface area contributed by atoms with E-state index in [-0.39, 0.29) is 41.1 Å². The minimum atomic E-state index is -3.04. The summed E-state index contributed by atoms with van der Waals surface area (Å²) >= 11 is 1.17. The van der Waals surface area contributed by atoms with Crippen molar-refractivity contribution in [3.8, 4) is 11.7 Å². The van der Waals surface area contributed by atoms with Gasteiger partial charge < -0.3 is 13.7 Å². The molecular weight excluding hydrogens is 390 g/mol. The molecule has 0 radical (unpaired) electrons. The zero-order chi connectivity index (χ0) is 18.9. The lowest BCUT2D eigenvalue weighted by Gasteiger charge is -2.34. The molecule has 8 nitrogen and oxygen atoms in total. The average molecular weight is 412 g/mol. The molecule has 3 heterocycles. The number of amides is 1. The molecule has 1 aliphatic carbocycles. The highest BCUT2D eigenvalue weighted by Crippen LogP contribution is 2.31. The van der Waals surface area contributed by atoms with E-state index in [0.29, 0.717) is 17.4 Å². The Kier molecular flexibility index (Phi) is 5.27. The van der Waals surface area contributed by atoms with Crippen LogP contribution in [-0.4, -0.2) is 58.8 Å². The van der Waals surface area contributed by atoms with Gasteiger partial charge in [0.15, 0.2) is 15.6 Å². The number of furan rings is 1. The monoisotopic (exact) mass is 411 g/mol. The molecule has 27 heavy (non-hydrogen) atoms. The molecule has 10 heteroatoms. The molecular formula is C17H21N3O5S2. The third kappa shape index (κ3) is 4.21. The van der Waals surface area contributed by atoms with Gasteiger partial charge in [-0.05, 0) is 31.4 Å². The van der Waals surface area contributed by atoms with Crippen LogP contribution in [0.2, 0.25) is 0 Å². The molecule has 2 fully saturated rings. The summed E-state index contributed by atoms with van der Waals surface area (Å²) in [5.41, 5.74) is 0. The quantitative estimate of drug-likeness (QED) is 0.667. The van der Waals surface area contributed by atoms with Crippen molar-refractivity contribution in [1.29, 1.82) is 0 Å². The third-order valence-corrected chi connectivity index (χ3v) is 7.62. The van der Waals surface area contributed by atoms with E-state index in [4.69, 9.17) is 8.83 Å². The molecule has 1 aliphatic heterocycles. The number of hydrogen-bond acceptors (Lipinski definition) is 8. The minimum absolute atomic E-state index is 0.0632. The SMILES string of the molecule is O=C(CSc1nnc(-c2ccco2)o1)N(C1CCCC1)[C@H]1CCS(=O)(=O)C1. The molecule has 0 N–H and O–H groups in total. The molecule has 4 rings (SSSR count). The van der Waals surface area contributed by atoms with Crippen LogP contribution < -0.4 is 0 Å². The first kappa shape index (κ1) is 18.5. The Morgan fingerprint density at radius 1 is 1.22 bits per heavy atom. The number of aromatic nitrogens is 2. The van der Waals surface area contributed by atoms with Crippen LogP contribution in [0.25, 0.3) is 11.7 Å². The van der Waals surface area contributed by atoms with Crippen LogP contribution in [0.15, 0.2) is 32.5 Å². The van der Waals surface area contributed by atoms with Crippen LogP contribution in [-0.2, 0) is 14.6 Å². The molecule has 0 unspecified atom stereocenters. The first-order valence-corrected chi connectivity index (χ1v) is 11.8. The molecule has 1 saturated heterocycles. The molecule has 2 aliphatic rings. The van der Waals surface area contributed by atoms with Crippen molar-refractivity contribution in [2.45, 2.75) is 49.4 Å². The molecule has 0 aromatic carbocycles. The van der Waals surface area contributed by atoms with E-state index in [0.717, 1.165) is 25.7 Å². The third-order valence-electron chi connectivity index (χ3n) is 5.07. The summed E-state index contributed by atoms with van der Waals surface area (Å²) in [7, 11) is -3.04. The summed E-state index contributed by atoms with van der Waals surface area (Å²) < 4.78 is 34.5. The number of nitrogens with zero attached hydrogens (tertiary/aromatic N) is 3. The summed E-state index contributed by atoms with van der Waals surface area (Å²) in [6, 6.07) is 3.37. The summed E-state index contributed by atoms with van der Waals surface area (Å²) in [6.07, 6.45) is 6.09. The molecule has 0 spiro atoms. The second-order valence-corrected chi connectivity index (χ2v) is 10.1. The van der Waals surface area contributed by atoms with Crippen LogP contribution in [0.5, 0.6) is 0 Å². The fourth-order valence-electron chi connectivity index (χ4n) is 3.85. The van der Waals surface area contributed by atoms with E-state index in [1.165, 1.54) is 18.0 Å². The number of thioether (sulfide) groups is 1. The maximum atomic E-state index is 12.9. The second kappa shape index (κ2) is 7.67. The normalized spacial score (nSPS) is 22.3. The van der Waals surface area contributed by atoms with E-state index in [1.807, 2.05) is 4.90 Å². The number of carbonyl (C=O) groups is 1. The minimum Gasteiger partial charge on any atom is -0.459 e. The van der Waals surface area contributed by atoms with Gasteiger partial charge in [0.25, 0.3) is 11.1 Å². The van der Waals surface area contributed by atoms with Crippen molar-refractivity contribution in [2.75, 3.05) is 17.3 Å². The maximum absolute atomic E-state index is 12.9. The van der Waals surface area contributed by atoms with Crippen LogP contribution in [0.3, 0.4) is 0 Å². The fourth-order valence-corrected chi connectivity index (χ4v) is 6.19. The fraction of sp³-hybridized carbons (Fsp3) is 0.588. The molecule has 1 atom stereocenters. The molecule has 1 amide bonds. The topological polar surface area (TPSA) is 107 Å². The maximum Gasteiger partial charge on any atom is 0.284 e. The van der Waals surface area contributed by atoms with Gasteiger partial charge in [-0.2, -0.15) is 0 Å². The number of sulfone groups is 1. The Labute approximate surface area is 161 Å². The van der Waals surface area contributed by atoms with Gasteiger partial charge in [-0.1, -0.05) is 24.6 Å². The highest BCUT2D eigenvalue weighted by molar-refractivity contribution is 7.99. The molecule has 1 saturated carbocycles. The van der Waals surface area contributed by atoms with Gasteiger partial charge in [0.2, 0.25) is 5.91 Å². The van der Waals surface area contributed by atoms with Crippen molar-refractivity contribution >= 4 is 27.5 Å². The highest BCUT2D eigenvalue weighted by Gasteiger charge is 2.39. The number of hydrogen-bond donors (Lipinski definition) is 0. The summed E-state index contributed by atoms with van der Waals surface area (Å²) in [5, 5.41) is 8.15. The zero-order valence-electron chi connectivity index (χ0n) is 14.7. The molecule has 2 aromatic heterocycles. The van der Waals surface area contributed by atoms with Crippen molar-refractivity contribution in [1.82, 2.24) is 15.1 Å². The Bertz CT molecular complexity index is 888. The second-order valence-electron chi connectivity index (χ2n) is 6.94. The summed E-state index contributed by atoms with van der Waals surface area (Å²) in [4.78, 5) is 14.8. The Hall–Kier alpha value is -1.81. The lowest BCUT2D eigenvalue weighted by Crippen LogP contribution is -2.47.